The molecular formula is C10H13NOS2. The Morgan fingerprint density at radius 1 is 1.50 bits per heavy atom. The van der Waals surface area contributed by atoms with Gasteiger partial charge in [0.15, 0.2) is 0 Å². The number of thiophene rings is 1. The molecule has 1 aliphatic heterocycles. The van der Waals surface area contributed by atoms with Crippen LogP contribution in [0.2, 0.25) is 0 Å². The quantitative estimate of drug-likeness (QED) is 0.733. The normalized spacial score (nSPS) is 15.0. The van der Waals surface area contributed by atoms with Crippen LogP contribution >= 0.6 is 23.1 Å². The molecule has 0 fully saturated rings. The van der Waals surface area contributed by atoms with Crippen molar-refractivity contribution in [1.29, 1.82) is 0 Å². The van der Waals surface area contributed by atoms with Gasteiger partial charge in [0.1, 0.15) is 0 Å². The number of carbonyl (C=O) groups is 1. The van der Waals surface area contributed by atoms with Crippen LogP contribution in [0.4, 0.5) is 0 Å². The summed E-state index contributed by atoms with van der Waals surface area (Å²) < 4.78 is 0. The van der Waals surface area contributed by atoms with Gasteiger partial charge in [-0.25, -0.2) is 0 Å². The lowest BCUT2D eigenvalue weighted by atomic mass is 10.2. The predicted octanol–water partition coefficient (Wildman–Crippen LogP) is 2.24. The summed E-state index contributed by atoms with van der Waals surface area (Å²) in [6.07, 6.45) is 1.13. The smallest absolute Gasteiger partial charge is 0.263 e. The van der Waals surface area contributed by atoms with Crippen molar-refractivity contribution in [1.82, 2.24) is 4.90 Å². The Morgan fingerprint density at radius 3 is 2.93 bits per heavy atom. The van der Waals surface area contributed by atoms with E-state index in [1.54, 1.807) is 30.3 Å². The molecule has 0 unspecified atom stereocenters. The van der Waals surface area contributed by atoms with E-state index >= 15 is 0 Å². The lowest BCUT2D eigenvalue weighted by Crippen LogP contribution is -2.20. The van der Waals surface area contributed by atoms with Crippen LogP contribution in [0.1, 0.15) is 20.1 Å². The van der Waals surface area contributed by atoms with E-state index in [2.05, 4.69) is 6.07 Å². The van der Waals surface area contributed by atoms with Gasteiger partial charge in [-0.2, -0.15) is 11.8 Å². The number of carbonyl (C=O) groups excluding carboxylic acids is 1. The molecule has 1 aromatic rings. The van der Waals surface area contributed by atoms with Gasteiger partial charge in [0, 0.05) is 24.7 Å². The zero-order chi connectivity index (χ0) is 10.1. The van der Waals surface area contributed by atoms with Crippen LogP contribution in [0, 0.1) is 0 Å². The highest BCUT2D eigenvalue weighted by molar-refractivity contribution is 7.98. The van der Waals surface area contributed by atoms with Crippen LogP contribution in [-0.4, -0.2) is 30.7 Å². The lowest BCUT2D eigenvalue weighted by molar-refractivity contribution is 0.0832. The molecular weight excluding hydrogens is 214 g/mol. The standard InChI is InChI=1S/C10H13NOS2/c1-11(2)10(12)9-5-7-6-13-4-3-8(7)14-9/h5H,3-4,6H2,1-2H3. The van der Waals surface area contributed by atoms with Crippen molar-refractivity contribution >= 4 is 29.0 Å². The zero-order valence-electron chi connectivity index (χ0n) is 8.37. The van der Waals surface area contributed by atoms with Crippen LogP contribution in [0.5, 0.6) is 0 Å². The van der Waals surface area contributed by atoms with Gasteiger partial charge in [-0.05, 0) is 23.8 Å². The molecule has 0 aliphatic carbocycles. The van der Waals surface area contributed by atoms with E-state index < -0.39 is 0 Å². The van der Waals surface area contributed by atoms with E-state index in [1.165, 1.54) is 16.2 Å². The molecule has 0 aromatic carbocycles. The molecule has 14 heavy (non-hydrogen) atoms. The van der Waals surface area contributed by atoms with E-state index in [-0.39, 0.29) is 5.91 Å². The second-order valence-electron chi connectivity index (χ2n) is 3.56. The molecule has 2 rings (SSSR count). The molecule has 0 bridgehead atoms. The molecule has 2 nitrogen and oxygen atoms in total. The Balaban J connectivity index is 2.28. The minimum absolute atomic E-state index is 0.134. The molecule has 0 radical (unpaired) electrons. The number of thioether (sulfide) groups is 1. The summed E-state index contributed by atoms with van der Waals surface area (Å²) in [5.41, 5.74) is 1.37. The van der Waals surface area contributed by atoms with Gasteiger partial charge in [0.25, 0.3) is 5.91 Å². The Hall–Kier alpha value is -0.480. The van der Waals surface area contributed by atoms with Crippen LogP contribution in [-0.2, 0) is 12.2 Å². The summed E-state index contributed by atoms with van der Waals surface area (Å²) in [4.78, 5) is 15.6. The van der Waals surface area contributed by atoms with Crippen molar-refractivity contribution in [2.45, 2.75) is 12.2 Å². The van der Waals surface area contributed by atoms with Gasteiger partial charge >= 0.3 is 0 Å². The van der Waals surface area contributed by atoms with Crippen LogP contribution in [0.15, 0.2) is 6.07 Å². The Bertz CT molecular complexity index is 334. The number of fused-ring (bicyclic) bond motifs is 1. The highest BCUT2D eigenvalue weighted by Crippen LogP contribution is 2.31. The third-order valence-corrected chi connectivity index (χ3v) is 4.48. The monoisotopic (exact) mass is 227 g/mol. The molecule has 76 valence electrons. The number of aryl methyl sites for hydroxylation is 1. The summed E-state index contributed by atoms with van der Waals surface area (Å²) >= 11 is 3.62. The van der Waals surface area contributed by atoms with Crippen molar-refractivity contribution in [2.24, 2.45) is 0 Å². The SMILES string of the molecule is CN(C)C(=O)c1cc2c(s1)CCSC2. The largest absolute Gasteiger partial charge is 0.344 e. The predicted molar refractivity (Wildman–Crippen MR) is 62.2 cm³/mol. The van der Waals surface area contributed by atoms with Crippen LogP contribution in [0.3, 0.4) is 0 Å². The van der Waals surface area contributed by atoms with Gasteiger partial charge in [0.05, 0.1) is 4.88 Å². The van der Waals surface area contributed by atoms with Gasteiger partial charge in [-0.15, -0.1) is 11.3 Å². The van der Waals surface area contributed by atoms with Crippen LogP contribution in [0.25, 0.3) is 0 Å². The average molecular weight is 227 g/mol. The third-order valence-electron chi connectivity index (χ3n) is 2.24. The summed E-state index contributed by atoms with van der Waals surface area (Å²) in [7, 11) is 3.60. The zero-order valence-corrected chi connectivity index (χ0v) is 10.0. The topological polar surface area (TPSA) is 20.3 Å². The van der Waals surface area contributed by atoms with E-state index in [0.717, 1.165) is 17.1 Å². The molecule has 0 saturated heterocycles. The maximum Gasteiger partial charge on any atom is 0.263 e. The van der Waals surface area contributed by atoms with Crippen molar-refractivity contribution < 1.29 is 4.79 Å². The number of hydrogen-bond donors (Lipinski definition) is 0. The first kappa shape index (κ1) is 10.1. The van der Waals surface area contributed by atoms with Gasteiger partial charge in [0.2, 0.25) is 0 Å². The van der Waals surface area contributed by atoms with E-state index in [9.17, 15) is 4.79 Å². The first-order chi connectivity index (χ1) is 6.68. The van der Waals surface area contributed by atoms with E-state index in [4.69, 9.17) is 0 Å². The number of hydrogen-bond acceptors (Lipinski definition) is 3. The second-order valence-corrected chi connectivity index (χ2v) is 5.80. The van der Waals surface area contributed by atoms with Gasteiger partial charge < -0.3 is 4.90 Å². The maximum atomic E-state index is 11.7. The highest BCUT2D eigenvalue weighted by Gasteiger charge is 2.18. The second kappa shape index (κ2) is 3.95. The first-order valence-electron chi connectivity index (χ1n) is 4.59. The Kier molecular flexibility index (Phi) is 2.83. The fourth-order valence-corrected chi connectivity index (χ4v) is 3.87. The molecule has 1 aromatic heterocycles. The lowest BCUT2D eigenvalue weighted by Gasteiger charge is -2.08. The molecule has 0 N–H and O–H groups in total. The molecule has 4 heteroatoms. The molecule has 1 amide bonds. The third kappa shape index (κ3) is 1.81. The van der Waals surface area contributed by atoms with Gasteiger partial charge in [-0.1, -0.05) is 0 Å². The highest BCUT2D eigenvalue weighted by atomic mass is 32.2. The minimum atomic E-state index is 0.134. The maximum absolute atomic E-state index is 11.7. The number of nitrogens with zero attached hydrogens (tertiary/aromatic N) is 1. The molecule has 0 atom stereocenters. The average Bonchev–Trinajstić information content (AvgIpc) is 2.59. The fourth-order valence-electron chi connectivity index (χ4n) is 1.47. The van der Waals surface area contributed by atoms with Gasteiger partial charge in [-0.3, -0.25) is 4.79 Å². The van der Waals surface area contributed by atoms with E-state index in [0.29, 0.717) is 0 Å². The summed E-state index contributed by atoms with van der Waals surface area (Å²) in [6, 6.07) is 2.06. The molecule has 1 aliphatic rings. The fraction of sp³-hybridized carbons (Fsp3) is 0.500. The molecule has 0 spiro atoms. The van der Waals surface area contributed by atoms with E-state index in [1.807, 2.05) is 11.8 Å². The molecule has 0 saturated carbocycles. The summed E-state index contributed by atoms with van der Waals surface area (Å²) in [5.74, 6) is 2.41. The van der Waals surface area contributed by atoms with Crippen molar-refractivity contribution in [3.63, 3.8) is 0 Å². The number of rotatable bonds is 1. The van der Waals surface area contributed by atoms with Crippen LogP contribution < -0.4 is 0 Å². The first-order valence-corrected chi connectivity index (χ1v) is 6.56. The summed E-state index contributed by atoms with van der Waals surface area (Å²) in [6.45, 7) is 0. The minimum Gasteiger partial charge on any atom is -0.344 e. The number of amides is 1. The molecule has 2 heterocycles. The summed E-state index contributed by atoms with van der Waals surface area (Å²) in [5, 5.41) is 0. The van der Waals surface area contributed by atoms with Crippen molar-refractivity contribution in [2.75, 3.05) is 19.8 Å². The van der Waals surface area contributed by atoms with Crippen molar-refractivity contribution in [3.05, 3.63) is 21.4 Å². The Labute approximate surface area is 92.3 Å². The Morgan fingerprint density at radius 2 is 2.29 bits per heavy atom. The van der Waals surface area contributed by atoms with Crippen molar-refractivity contribution in [3.8, 4) is 0 Å².